The van der Waals surface area contributed by atoms with Gasteiger partial charge in [0, 0.05) is 11.1 Å². The van der Waals surface area contributed by atoms with Gasteiger partial charge in [-0.25, -0.2) is 8.78 Å². The van der Waals surface area contributed by atoms with Gasteiger partial charge >= 0.3 is 0 Å². The van der Waals surface area contributed by atoms with Crippen molar-refractivity contribution < 1.29 is 18.4 Å². The molecule has 0 fully saturated rings. The van der Waals surface area contributed by atoms with E-state index in [-0.39, 0.29) is 28.9 Å². The van der Waals surface area contributed by atoms with Gasteiger partial charge in [-0.2, -0.15) is 0 Å². The first-order valence-corrected chi connectivity index (χ1v) is 6.78. The summed E-state index contributed by atoms with van der Waals surface area (Å²) in [6.45, 7) is -0.377. The van der Waals surface area contributed by atoms with Crippen LogP contribution in [0.5, 0.6) is 0 Å². The Morgan fingerprint density at radius 2 is 1.73 bits per heavy atom. The third-order valence-electron chi connectivity index (χ3n) is 3.24. The van der Waals surface area contributed by atoms with Gasteiger partial charge in [-0.15, -0.1) is 0 Å². The Kier molecular flexibility index (Phi) is 3.92. The highest BCUT2D eigenvalue weighted by molar-refractivity contribution is 6.33. The molecule has 0 bridgehead atoms. The highest BCUT2D eigenvalue weighted by atomic mass is 35.5. The number of hydrogen-bond acceptors (Lipinski definition) is 3. The van der Waals surface area contributed by atoms with Crippen molar-refractivity contribution in [2.75, 3.05) is 0 Å². The first-order chi connectivity index (χ1) is 10.6. The van der Waals surface area contributed by atoms with Gasteiger partial charge in [-0.3, -0.25) is 0 Å². The fourth-order valence-corrected chi connectivity index (χ4v) is 2.38. The summed E-state index contributed by atoms with van der Waals surface area (Å²) in [4.78, 5) is 0. The Morgan fingerprint density at radius 1 is 1.05 bits per heavy atom. The molecule has 1 N–H and O–H groups in total. The number of hydrogen-bond donors (Lipinski definition) is 1. The molecule has 3 nitrogen and oxygen atoms in total. The maximum atomic E-state index is 13.4. The molecule has 0 saturated carbocycles. The van der Waals surface area contributed by atoms with Crippen LogP contribution in [0.1, 0.15) is 5.56 Å². The summed E-state index contributed by atoms with van der Waals surface area (Å²) in [5.74, 6) is -0.574. The van der Waals surface area contributed by atoms with E-state index in [1.807, 2.05) is 0 Å². The molecule has 0 amide bonds. The van der Waals surface area contributed by atoms with Crippen LogP contribution in [0.3, 0.4) is 0 Å². The topological polar surface area (TPSA) is 46.3 Å². The largest absolute Gasteiger partial charge is 0.391 e. The lowest BCUT2D eigenvalue weighted by Crippen LogP contribution is -1.91. The van der Waals surface area contributed by atoms with Crippen LogP contribution in [0.4, 0.5) is 8.78 Å². The molecule has 0 aliphatic carbocycles. The van der Waals surface area contributed by atoms with Crippen molar-refractivity contribution in [3.63, 3.8) is 0 Å². The van der Waals surface area contributed by atoms with Crippen molar-refractivity contribution in [2.24, 2.45) is 0 Å². The first-order valence-electron chi connectivity index (χ1n) is 6.41. The maximum absolute atomic E-state index is 13.4. The SMILES string of the molecule is OCc1c(-c2cc(F)ccc2Cl)noc1-c1ccc(F)cc1. The Hall–Kier alpha value is -2.24. The molecular weight excluding hydrogens is 312 g/mol. The molecule has 3 rings (SSSR count). The summed E-state index contributed by atoms with van der Waals surface area (Å²) in [6.07, 6.45) is 0. The maximum Gasteiger partial charge on any atom is 0.173 e. The lowest BCUT2D eigenvalue weighted by molar-refractivity contribution is 0.281. The Bertz CT molecular complexity index is 816. The predicted octanol–water partition coefficient (Wildman–Crippen LogP) is 4.43. The molecule has 0 radical (unpaired) electrons. The van der Waals surface area contributed by atoms with Crippen LogP contribution in [-0.4, -0.2) is 10.3 Å². The van der Waals surface area contributed by atoms with E-state index in [1.54, 1.807) is 0 Å². The van der Waals surface area contributed by atoms with Crippen LogP contribution in [0, 0.1) is 11.6 Å². The van der Waals surface area contributed by atoms with E-state index < -0.39 is 5.82 Å². The van der Waals surface area contributed by atoms with E-state index in [0.717, 1.165) is 0 Å². The molecule has 1 aromatic heterocycles. The lowest BCUT2D eigenvalue weighted by Gasteiger charge is -2.03. The number of rotatable bonds is 3. The number of aliphatic hydroxyl groups excluding tert-OH is 1. The van der Waals surface area contributed by atoms with Gasteiger partial charge in [0.05, 0.1) is 17.2 Å². The van der Waals surface area contributed by atoms with Crippen LogP contribution in [0.15, 0.2) is 47.0 Å². The summed E-state index contributed by atoms with van der Waals surface area (Å²) in [5.41, 5.74) is 1.49. The van der Waals surface area contributed by atoms with Crippen LogP contribution < -0.4 is 0 Å². The summed E-state index contributed by atoms with van der Waals surface area (Å²) >= 11 is 6.06. The zero-order valence-electron chi connectivity index (χ0n) is 11.2. The fraction of sp³-hybridized carbons (Fsp3) is 0.0625. The van der Waals surface area contributed by atoms with Crippen molar-refractivity contribution in [1.82, 2.24) is 5.16 Å². The third-order valence-corrected chi connectivity index (χ3v) is 3.57. The van der Waals surface area contributed by atoms with Gasteiger partial charge in [-0.05, 0) is 42.5 Å². The highest BCUT2D eigenvalue weighted by Crippen LogP contribution is 2.35. The van der Waals surface area contributed by atoms with E-state index in [0.29, 0.717) is 16.7 Å². The van der Waals surface area contributed by atoms with E-state index in [2.05, 4.69) is 5.16 Å². The van der Waals surface area contributed by atoms with Gasteiger partial charge in [0.2, 0.25) is 0 Å². The van der Waals surface area contributed by atoms with Gasteiger partial charge < -0.3 is 9.63 Å². The lowest BCUT2D eigenvalue weighted by atomic mass is 10.0. The zero-order valence-corrected chi connectivity index (χ0v) is 11.9. The molecule has 1 heterocycles. The smallest absolute Gasteiger partial charge is 0.173 e. The van der Waals surface area contributed by atoms with E-state index in [4.69, 9.17) is 16.1 Å². The second kappa shape index (κ2) is 5.87. The molecule has 0 unspecified atom stereocenters. The first kappa shape index (κ1) is 14.7. The summed E-state index contributed by atoms with van der Waals surface area (Å²) in [6, 6.07) is 9.40. The second-order valence-electron chi connectivity index (χ2n) is 4.63. The quantitative estimate of drug-likeness (QED) is 0.776. The average molecular weight is 322 g/mol. The van der Waals surface area contributed by atoms with E-state index in [9.17, 15) is 13.9 Å². The van der Waals surface area contributed by atoms with Crippen molar-refractivity contribution >= 4 is 11.6 Å². The van der Waals surface area contributed by atoms with Crippen LogP contribution in [-0.2, 0) is 6.61 Å². The van der Waals surface area contributed by atoms with Crippen LogP contribution in [0.2, 0.25) is 5.02 Å². The summed E-state index contributed by atoms with van der Waals surface area (Å²) in [5, 5.41) is 13.8. The molecule has 6 heteroatoms. The molecule has 2 aromatic carbocycles. The average Bonchev–Trinajstić information content (AvgIpc) is 2.94. The van der Waals surface area contributed by atoms with Crippen LogP contribution in [0.25, 0.3) is 22.6 Å². The van der Waals surface area contributed by atoms with Gasteiger partial charge in [0.25, 0.3) is 0 Å². The minimum atomic E-state index is -0.477. The molecule has 0 spiro atoms. The number of aromatic nitrogens is 1. The van der Waals surface area contributed by atoms with E-state index in [1.165, 1.54) is 42.5 Å². The molecule has 22 heavy (non-hydrogen) atoms. The van der Waals surface area contributed by atoms with Crippen molar-refractivity contribution in [1.29, 1.82) is 0 Å². The monoisotopic (exact) mass is 321 g/mol. The van der Waals surface area contributed by atoms with Crippen molar-refractivity contribution in [2.45, 2.75) is 6.61 Å². The normalized spacial score (nSPS) is 10.9. The molecule has 3 aromatic rings. The Labute approximate surface area is 129 Å². The summed E-state index contributed by atoms with van der Waals surface area (Å²) < 4.78 is 31.7. The molecule has 112 valence electrons. The summed E-state index contributed by atoms with van der Waals surface area (Å²) in [7, 11) is 0. The number of halogens is 3. The van der Waals surface area contributed by atoms with Crippen molar-refractivity contribution in [3.05, 3.63) is 64.7 Å². The minimum Gasteiger partial charge on any atom is -0.391 e. The van der Waals surface area contributed by atoms with E-state index >= 15 is 0 Å². The zero-order chi connectivity index (χ0) is 15.7. The second-order valence-corrected chi connectivity index (χ2v) is 5.04. The standard InChI is InChI=1S/C16H10ClF2NO2/c17-14-6-5-11(19)7-12(14)15-13(8-21)16(22-20-15)9-1-3-10(18)4-2-9/h1-7,21H,8H2. The van der Waals surface area contributed by atoms with Crippen LogP contribution >= 0.6 is 11.6 Å². The Balaban J connectivity index is 2.15. The fourth-order valence-electron chi connectivity index (χ4n) is 2.17. The van der Waals surface area contributed by atoms with Gasteiger partial charge in [-0.1, -0.05) is 16.8 Å². The van der Waals surface area contributed by atoms with Crippen molar-refractivity contribution in [3.8, 4) is 22.6 Å². The highest BCUT2D eigenvalue weighted by Gasteiger charge is 2.20. The number of benzene rings is 2. The predicted molar refractivity (Wildman–Crippen MR) is 78.2 cm³/mol. The molecule has 0 atom stereocenters. The molecule has 0 saturated heterocycles. The van der Waals surface area contributed by atoms with Gasteiger partial charge in [0.1, 0.15) is 17.3 Å². The Morgan fingerprint density at radius 3 is 2.41 bits per heavy atom. The molecule has 0 aliphatic heterocycles. The minimum absolute atomic E-state index is 0.256. The third kappa shape index (κ3) is 2.61. The number of nitrogens with zero attached hydrogens (tertiary/aromatic N) is 1. The molecule has 0 aliphatic rings. The number of aliphatic hydroxyl groups is 1. The van der Waals surface area contributed by atoms with Gasteiger partial charge in [0.15, 0.2) is 5.76 Å². The molecular formula is C16H10ClF2NO2.